The summed E-state index contributed by atoms with van der Waals surface area (Å²) in [5, 5.41) is 2.91. The largest absolute Gasteiger partial charge is 0.453 e. The van der Waals surface area contributed by atoms with Crippen LogP contribution in [0.2, 0.25) is 0 Å². The maximum absolute atomic E-state index is 14.4. The number of hydrogen-bond donors (Lipinski definition) is 1. The Bertz CT molecular complexity index is 1130. The molecule has 7 heteroatoms. The molecule has 1 N–H and O–H groups in total. The first-order valence-corrected chi connectivity index (χ1v) is 10.7. The molecule has 0 unspecified atom stereocenters. The molecule has 5 nitrogen and oxygen atoms in total. The lowest BCUT2D eigenvalue weighted by molar-refractivity contribution is -0.116. The summed E-state index contributed by atoms with van der Waals surface area (Å²) < 4.78 is 39.2. The van der Waals surface area contributed by atoms with Crippen LogP contribution >= 0.6 is 0 Å². The van der Waals surface area contributed by atoms with Gasteiger partial charge < -0.3 is 14.8 Å². The van der Waals surface area contributed by atoms with E-state index in [4.69, 9.17) is 9.47 Å². The molecular formula is C26H24F2N2O3. The number of pyridine rings is 1. The lowest BCUT2D eigenvalue weighted by Gasteiger charge is -2.37. The van der Waals surface area contributed by atoms with Crippen molar-refractivity contribution in [3.63, 3.8) is 0 Å². The molecule has 1 amide bonds. The van der Waals surface area contributed by atoms with Gasteiger partial charge in [-0.15, -0.1) is 0 Å². The third-order valence-corrected chi connectivity index (χ3v) is 5.73. The first-order chi connectivity index (χ1) is 16.0. The van der Waals surface area contributed by atoms with Gasteiger partial charge in [-0.1, -0.05) is 18.2 Å². The van der Waals surface area contributed by atoms with Crippen LogP contribution in [0.1, 0.15) is 24.0 Å². The number of ether oxygens (including phenoxy) is 2. The van der Waals surface area contributed by atoms with E-state index < -0.39 is 5.82 Å². The van der Waals surface area contributed by atoms with E-state index in [1.54, 1.807) is 30.5 Å². The Labute approximate surface area is 191 Å². The highest BCUT2D eigenvalue weighted by molar-refractivity contribution is 5.91. The molecule has 1 saturated heterocycles. The van der Waals surface area contributed by atoms with Gasteiger partial charge in [0.25, 0.3) is 0 Å². The maximum atomic E-state index is 14.4. The van der Waals surface area contributed by atoms with E-state index in [0.717, 1.165) is 5.56 Å². The number of amides is 1. The van der Waals surface area contributed by atoms with Gasteiger partial charge in [0.15, 0.2) is 11.6 Å². The predicted octanol–water partition coefficient (Wildman–Crippen LogP) is 5.03. The molecule has 0 radical (unpaired) electrons. The SMILES string of the molecule is O=C(/C=C/c1ccc(Oc2cccnc2)c(F)c1)NCC1(c2cccc(F)c2)CCOCC1. The first-order valence-electron chi connectivity index (χ1n) is 10.7. The monoisotopic (exact) mass is 450 g/mol. The summed E-state index contributed by atoms with van der Waals surface area (Å²) in [4.78, 5) is 16.4. The summed E-state index contributed by atoms with van der Waals surface area (Å²) in [6, 6.07) is 14.3. The van der Waals surface area contributed by atoms with Crippen molar-refractivity contribution < 1.29 is 23.0 Å². The molecule has 0 bridgehead atoms. The lowest BCUT2D eigenvalue weighted by Crippen LogP contribution is -2.44. The van der Waals surface area contributed by atoms with Crippen LogP contribution in [0, 0.1) is 11.6 Å². The zero-order chi connectivity index (χ0) is 23.1. The number of rotatable bonds is 7. The minimum absolute atomic E-state index is 0.0705. The quantitative estimate of drug-likeness (QED) is 0.513. The van der Waals surface area contributed by atoms with Crippen LogP contribution < -0.4 is 10.1 Å². The molecule has 4 rings (SSSR count). The van der Waals surface area contributed by atoms with E-state index in [1.165, 1.54) is 42.6 Å². The summed E-state index contributed by atoms with van der Waals surface area (Å²) >= 11 is 0. The van der Waals surface area contributed by atoms with Crippen LogP contribution in [-0.4, -0.2) is 30.6 Å². The maximum Gasteiger partial charge on any atom is 0.244 e. The van der Waals surface area contributed by atoms with Gasteiger partial charge in [-0.2, -0.15) is 0 Å². The van der Waals surface area contributed by atoms with Crippen molar-refractivity contribution in [3.8, 4) is 11.5 Å². The van der Waals surface area contributed by atoms with Gasteiger partial charge in [0.05, 0.1) is 6.20 Å². The third-order valence-electron chi connectivity index (χ3n) is 5.73. The van der Waals surface area contributed by atoms with Crippen LogP contribution in [0.5, 0.6) is 11.5 Å². The molecule has 33 heavy (non-hydrogen) atoms. The van der Waals surface area contributed by atoms with Crippen molar-refractivity contribution in [1.29, 1.82) is 0 Å². The predicted molar refractivity (Wildman–Crippen MR) is 121 cm³/mol. The normalized spacial score (nSPS) is 15.3. The number of carbonyl (C=O) groups is 1. The highest BCUT2D eigenvalue weighted by Crippen LogP contribution is 2.34. The molecule has 0 atom stereocenters. The Morgan fingerprint density at radius 2 is 1.97 bits per heavy atom. The third kappa shape index (κ3) is 5.81. The van der Waals surface area contributed by atoms with Crippen LogP contribution in [0.4, 0.5) is 8.78 Å². The molecule has 1 aliphatic heterocycles. The second kappa shape index (κ2) is 10.4. The molecule has 0 spiro atoms. The summed E-state index contributed by atoms with van der Waals surface area (Å²) in [5.74, 6) is -0.662. The second-order valence-electron chi connectivity index (χ2n) is 7.93. The van der Waals surface area contributed by atoms with Gasteiger partial charge in [0, 0.05) is 37.4 Å². The van der Waals surface area contributed by atoms with Gasteiger partial charge in [-0.3, -0.25) is 9.78 Å². The average Bonchev–Trinajstić information content (AvgIpc) is 2.84. The fourth-order valence-corrected chi connectivity index (χ4v) is 3.87. The number of carbonyl (C=O) groups excluding carboxylic acids is 1. The van der Waals surface area contributed by atoms with Crippen LogP contribution in [0.15, 0.2) is 73.1 Å². The number of nitrogens with zero attached hydrogens (tertiary/aromatic N) is 1. The second-order valence-corrected chi connectivity index (χ2v) is 7.93. The van der Waals surface area contributed by atoms with Gasteiger partial charge in [-0.25, -0.2) is 8.78 Å². The fourth-order valence-electron chi connectivity index (χ4n) is 3.87. The van der Waals surface area contributed by atoms with Gasteiger partial charge in [-0.05, 0) is 66.4 Å². The van der Waals surface area contributed by atoms with Gasteiger partial charge in [0.2, 0.25) is 5.91 Å². The highest BCUT2D eigenvalue weighted by Gasteiger charge is 2.35. The summed E-state index contributed by atoms with van der Waals surface area (Å²) in [5.41, 5.74) is 0.981. The number of hydrogen-bond acceptors (Lipinski definition) is 4. The van der Waals surface area contributed by atoms with Crippen LogP contribution in [0.3, 0.4) is 0 Å². The van der Waals surface area contributed by atoms with Crippen LogP contribution in [-0.2, 0) is 14.9 Å². The summed E-state index contributed by atoms with van der Waals surface area (Å²) in [6.45, 7) is 1.46. The minimum Gasteiger partial charge on any atom is -0.453 e. The molecule has 2 aromatic carbocycles. The van der Waals surface area contributed by atoms with Gasteiger partial charge in [0.1, 0.15) is 11.6 Å². The minimum atomic E-state index is -0.548. The van der Waals surface area contributed by atoms with Crippen LogP contribution in [0.25, 0.3) is 6.08 Å². The molecular weight excluding hydrogens is 426 g/mol. The van der Waals surface area contributed by atoms with E-state index in [2.05, 4.69) is 10.3 Å². The molecule has 3 aromatic rings. The molecule has 1 fully saturated rings. The van der Waals surface area contributed by atoms with E-state index in [-0.39, 0.29) is 22.9 Å². The van der Waals surface area contributed by atoms with Crippen molar-refractivity contribution in [1.82, 2.24) is 10.3 Å². The zero-order valence-electron chi connectivity index (χ0n) is 18.0. The van der Waals surface area contributed by atoms with E-state index >= 15 is 0 Å². The Morgan fingerprint density at radius 1 is 1.12 bits per heavy atom. The van der Waals surface area contributed by atoms with Crippen molar-refractivity contribution in [3.05, 3.63) is 95.8 Å². The van der Waals surface area contributed by atoms with Crippen molar-refractivity contribution >= 4 is 12.0 Å². The smallest absolute Gasteiger partial charge is 0.244 e. The zero-order valence-corrected chi connectivity index (χ0v) is 18.0. The fraction of sp³-hybridized carbons (Fsp3) is 0.231. The van der Waals surface area contributed by atoms with Gasteiger partial charge >= 0.3 is 0 Å². The molecule has 1 aliphatic rings. The highest BCUT2D eigenvalue weighted by atomic mass is 19.1. The first kappa shape index (κ1) is 22.6. The van der Waals surface area contributed by atoms with E-state index in [0.29, 0.717) is 43.9 Å². The summed E-state index contributed by atoms with van der Waals surface area (Å²) in [7, 11) is 0. The molecule has 0 aliphatic carbocycles. The topological polar surface area (TPSA) is 60.5 Å². The molecule has 2 heterocycles. The Kier molecular flexibility index (Phi) is 7.10. The number of nitrogens with one attached hydrogen (secondary N) is 1. The number of aromatic nitrogens is 1. The Morgan fingerprint density at radius 3 is 2.70 bits per heavy atom. The Balaban J connectivity index is 1.39. The summed E-state index contributed by atoms with van der Waals surface area (Å²) in [6.07, 6.45) is 7.35. The Hall–Kier alpha value is -3.58. The van der Waals surface area contributed by atoms with Crippen molar-refractivity contribution in [2.75, 3.05) is 19.8 Å². The lowest BCUT2D eigenvalue weighted by atomic mass is 9.74. The average molecular weight is 450 g/mol. The van der Waals surface area contributed by atoms with Crippen molar-refractivity contribution in [2.45, 2.75) is 18.3 Å². The molecule has 1 aromatic heterocycles. The van der Waals surface area contributed by atoms with E-state index in [9.17, 15) is 13.6 Å². The molecule has 170 valence electrons. The van der Waals surface area contributed by atoms with E-state index in [1.807, 2.05) is 6.07 Å². The van der Waals surface area contributed by atoms with Crippen molar-refractivity contribution in [2.24, 2.45) is 0 Å². The molecule has 0 saturated carbocycles. The number of benzene rings is 2. The number of halogens is 2. The standard InChI is InChI=1S/C26H24F2N2O3/c27-21-4-1-3-20(16-21)26(10-13-32-14-11-26)18-30-25(31)9-7-19-6-8-24(23(28)15-19)33-22-5-2-12-29-17-22/h1-9,12,15-17H,10-11,13-14,18H2,(H,30,31)/b9-7+.